The average Bonchev–Trinajstić information content (AvgIpc) is 2.72. The molecule has 2 heterocycles. The van der Waals surface area contributed by atoms with Crippen molar-refractivity contribution in [2.75, 3.05) is 20.3 Å². The van der Waals surface area contributed by atoms with Gasteiger partial charge in [-0.2, -0.15) is 0 Å². The van der Waals surface area contributed by atoms with Gasteiger partial charge >= 0.3 is 0 Å². The van der Waals surface area contributed by atoms with Crippen LogP contribution < -0.4 is 10.9 Å². The molecule has 29 heavy (non-hydrogen) atoms. The van der Waals surface area contributed by atoms with Gasteiger partial charge in [-0.15, -0.1) is 0 Å². The number of methoxy groups -OCH3 is 1. The van der Waals surface area contributed by atoms with Crippen LogP contribution in [-0.4, -0.2) is 40.2 Å². The number of ether oxygens (including phenoxy) is 1. The van der Waals surface area contributed by atoms with Crippen molar-refractivity contribution in [3.63, 3.8) is 0 Å². The summed E-state index contributed by atoms with van der Waals surface area (Å²) in [4.78, 5) is 21.9. The lowest BCUT2D eigenvalue weighted by Gasteiger charge is -2.26. The van der Waals surface area contributed by atoms with Gasteiger partial charge in [-0.25, -0.2) is 0 Å². The number of aromatic nitrogens is 2. The summed E-state index contributed by atoms with van der Waals surface area (Å²) >= 11 is 5.62. The van der Waals surface area contributed by atoms with Crippen molar-refractivity contribution in [1.29, 1.82) is 0 Å². The molecule has 0 amide bonds. The molecule has 1 aromatic carbocycles. The summed E-state index contributed by atoms with van der Waals surface area (Å²) in [5.74, 6) is 0. The first-order chi connectivity index (χ1) is 14.1. The first-order valence-electron chi connectivity index (χ1n) is 9.60. The molecule has 0 spiro atoms. The molecule has 152 valence electrons. The minimum atomic E-state index is -0.0924. The highest BCUT2D eigenvalue weighted by molar-refractivity contribution is 7.80. The number of hydrogen-bond donors (Lipinski definition) is 2. The molecule has 0 aliphatic heterocycles. The minimum absolute atomic E-state index is 0.0924. The summed E-state index contributed by atoms with van der Waals surface area (Å²) in [6.45, 7) is 4.34. The molecule has 3 rings (SSSR count). The van der Waals surface area contributed by atoms with Gasteiger partial charge in [-0.3, -0.25) is 9.78 Å². The number of hydrogen-bond acceptors (Lipinski definition) is 4. The summed E-state index contributed by atoms with van der Waals surface area (Å²) < 4.78 is 5.09. The van der Waals surface area contributed by atoms with E-state index in [0.29, 0.717) is 36.9 Å². The smallest absolute Gasteiger partial charge is 0.253 e. The van der Waals surface area contributed by atoms with Gasteiger partial charge < -0.3 is 19.9 Å². The topological polar surface area (TPSA) is 70.2 Å². The van der Waals surface area contributed by atoms with Crippen LogP contribution in [0.1, 0.15) is 23.1 Å². The molecule has 0 fully saturated rings. The standard InChI is InChI=1S/C22H26N4O2S/c1-16-6-3-8-18-12-19(21(27)25-20(16)18)15-26(14-17-7-4-9-23-13-17)22(29)24-10-5-11-28-2/h3-4,6-9,12-13H,5,10-11,14-15H2,1-2H3,(H,24,29)(H,25,27). The second kappa shape index (κ2) is 10.1. The number of para-hydroxylation sites is 1. The lowest BCUT2D eigenvalue weighted by atomic mass is 10.1. The highest BCUT2D eigenvalue weighted by Gasteiger charge is 2.14. The van der Waals surface area contributed by atoms with E-state index in [1.54, 1.807) is 13.3 Å². The van der Waals surface area contributed by atoms with E-state index in [9.17, 15) is 4.79 Å². The van der Waals surface area contributed by atoms with Gasteiger partial charge in [0, 0.05) is 44.8 Å². The zero-order chi connectivity index (χ0) is 20.6. The average molecular weight is 411 g/mol. The van der Waals surface area contributed by atoms with Crippen molar-refractivity contribution < 1.29 is 4.74 Å². The molecule has 0 saturated carbocycles. The monoisotopic (exact) mass is 410 g/mol. The molecular weight excluding hydrogens is 384 g/mol. The zero-order valence-corrected chi connectivity index (χ0v) is 17.6. The Bertz CT molecular complexity index is 1020. The zero-order valence-electron chi connectivity index (χ0n) is 16.8. The fourth-order valence-corrected chi connectivity index (χ4v) is 3.42. The van der Waals surface area contributed by atoms with E-state index in [4.69, 9.17) is 17.0 Å². The van der Waals surface area contributed by atoms with Crippen LogP contribution >= 0.6 is 12.2 Å². The van der Waals surface area contributed by atoms with E-state index in [2.05, 4.69) is 15.3 Å². The lowest BCUT2D eigenvalue weighted by molar-refractivity contribution is 0.195. The molecule has 0 aliphatic rings. The number of aryl methyl sites for hydroxylation is 1. The van der Waals surface area contributed by atoms with Crippen LogP contribution in [0, 0.1) is 6.92 Å². The van der Waals surface area contributed by atoms with Gasteiger partial charge in [0.2, 0.25) is 0 Å². The third kappa shape index (κ3) is 5.62. The maximum absolute atomic E-state index is 12.7. The first kappa shape index (κ1) is 21.0. The van der Waals surface area contributed by atoms with Gasteiger partial charge in [0.25, 0.3) is 5.56 Å². The molecule has 7 heteroatoms. The second-order valence-corrected chi connectivity index (χ2v) is 7.35. The van der Waals surface area contributed by atoms with Gasteiger partial charge in [-0.1, -0.05) is 24.3 Å². The summed E-state index contributed by atoms with van der Waals surface area (Å²) in [5.41, 5.74) is 3.54. The Kier molecular flexibility index (Phi) is 7.32. The van der Waals surface area contributed by atoms with Gasteiger partial charge in [0.15, 0.2) is 5.11 Å². The molecule has 0 atom stereocenters. The van der Waals surface area contributed by atoms with Crippen molar-refractivity contribution >= 4 is 28.2 Å². The Labute approximate surface area is 175 Å². The number of fused-ring (bicyclic) bond motifs is 1. The molecule has 0 aliphatic carbocycles. The van der Waals surface area contributed by atoms with Crippen LogP contribution in [0.25, 0.3) is 10.9 Å². The number of rotatable bonds is 8. The summed E-state index contributed by atoms with van der Waals surface area (Å²) in [6, 6.07) is 11.8. The second-order valence-electron chi connectivity index (χ2n) is 6.96. The number of nitrogens with one attached hydrogen (secondary N) is 2. The van der Waals surface area contributed by atoms with Crippen molar-refractivity contribution in [1.82, 2.24) is 20.2 Å². The third-order valence-electron chi connectivity index (χ3n) is 4.71. The number of H-pyrrole nitrogens is 1. The first-order valence-corrected chi connectivity index (χ1v) is 10.0. The van der Waals surface area contributed by atoms with Gasteiger partial charge in [0.1, 0.15) is 0 Å². The van der Waals surface area contributed by atoms with Crippen molar-refractivity contribution in [2.24, 2.45) is 0 Å². The predicted octanol–water partition coefficient (Wildman–Crippen LogP) is 3.14. The Balaban J connectivity index is 1.83. The van der Waals surface area contributed by atoms with E-state index in [1.807, 2.05) is 54.4 Å². The Morgan fingerprint density at radius 1 is 1.28 bits per heavy atom. The Morgan fingerprint density at radius 3 is 2.90 bits per heavy atom. The molecule has 3 aromatic rings. The number of benzene rings is 1. The molecule has 0 radical (unpaired) electrons. The van der Waals surface area contributed by atoms with Crippen molar-refractivity contribution in [3.05, 3.63) is 75.8 Å². The molecule has 6 nitrogen and oxygen atoms in total. The number of nitrogens with zero attached hydrogens (tertiary/aromatic N) is 2. The predicted molar refractivity (Wildman–Crippen MR) is 120 cm³/mol. The fraction of sp³-hybridized carbons (Fsp3) is 0.318. The largest absolute Gasteiger partial charge is 0.385 e. The summed E-state index contributed by atoms with van der Waals surface area (Å²) in [5, 5.41) is 4.89. The van der Waals surface area contributed by atoms with E-state index in [1.165, 1.54) is 0 Å². The maximum Gasteiger partial charge on any atom is 0.253 e. The van der Waals surface area contributed by atoms with Crippen LogP contribution in [-0.2, 0) is 17.8 Å². The Hall–Kier alpha value is -2.77. The van der Waals surface area contributed by atoms with Crippen LogP contribution in [0.3, 0.4) is 0 Å². The third-order valence-corrected chi connectivity index (χ3v) is 5.11. The summed E-state index contributed by atoms with van der Waals surface area (Å²) in [6.07, 6.45) is 4.41. The summed E-state index contributed by atoms with van der Waals surface area (Å²) in [7, 11) is 1.68. The SMILES string of the molecule is COCCCNC(=S)N(Cc1cccnc1)Cc1cc2cccc(C)c2[nH]c1=O. The van der Waals surface area contributed by atoms with Crippen molar-refractivity contribution in [2.45, 2.75) is 26.4 Å². The number of thiocarbonyl (C=S) groups is 1. The molecule has 2 aromatic heterocycles. The van der Waals surface area contributed by atoms with Crippen LogP contribution in [0.5, 0.6) is 0 Å². The van der Waals surface area contributed by atoms with Crippen molar-refractivity contribution in [3.8, 4) is 0 Å². The van der Waals surface area contributed by atoms with E-state index in [-0.39, 0.29) is 5.56 Å². The number of aromatic amines is 1. The van der Waals surface area contributed by atoms with E-state index < -0.39 is 0 Å². The van der Waals surface area contributed by atoms with Crippen LogP contribution in [0.2, 0.25) is 0 Å². The highest BCUT2D eigenvalue weighted by Crippen LogP contribution is 2.16. The molecule has 2 N–H and O–H groups in total. The van der Waals surface area contributed by atoms with E-state index in [0.717, 1.165) is 28.5 Å². The highest BCUT2D eigenvalue weighted by atomic mass is 32.1. The normalized spacial score (nSPS) is 10.8. The maximum atomic E-state index is 12.7. The fourth-order valence-electron chi connectivity index (χ4n) is 3.19. The van der Waals surface area contributed by atoms with E-state index >= 15 is 0 Å². The minimum Gasteiger partial charge on any atom is -0.385 e. The van der Waals surface area contributed by atoms with Gasteiger partial charge in [0.05, 0.1) is 12.1 Å². The molecular formula is C22H26N4O2S. The molecule has 0 saturated heterocycles. The molecule has 0 unspecified atom stereocenters. The number of pyridine rings is 2. The molecule has 0 bridgehead atoms. The van der Waals surface area contributed by atoms with Crippen LogP contribution in [0.4, 0.5) is 0 Å². The quantitative estimate of drug-likeness (QED) is 0.439. The lowest BCUT2D eigenvalue weighted by Crippen LogP contribution is -2.40. The van der Waals surface area contributed by atoms with Gasteiger partial charge in [-0.05, 0) is 54.2 Å². The van der Waals surface area contributed by atoms with Crippen LogP contribution in [0.15, 0.2) is 53.6 Å². The Morgan fingerprint density at radius 2 is 2.14 bits per heavy atom.